The van der Waals surface area contributed by atoms with Crippen molar-refractivity contribution in [3.63, 3.8) is 0 Å². The number of benzene rings is 1. The van der Waals surface area contributed by atoms with Gasteiger partial charge in [-0.3, -0.25) is 14.3 Å². The molecule has 1 aromatic carbocycles. The number of aromatic nitrogens is 2. The number of hydrogen-bond donors (Lipinski definition) is 0. The predicted octanol–water partition coefficient (Wildman–Crippen LogP) is 2.77. The molecule has 2 amide bonds. The Labute approximate surface area is 165 Å². The van der Waals surface area contributed by atoms with Gasteiger partial charge in [0.05, 0.1) is 30.4 Å². The normalized spacial score (nSPS) is 21.9. The maximum atomic E-state index is 13.1. The summed E-state index contributed by atoms with van der Waals surface area (Å²) in [6.07, 6.45) is 2.77. The second-order valence-corrected chi connectivity index (χ2v) is 8.49. The van der Waals surface area contributed by atoms with Gasteiger partial charge in [0.25, 0.3) is 0 Å². The minimum atomic E-state index is -0.258. The van der Waals surface area contributed by atoms with Gasteiger partial charge in [-0.2, -0.15) is 5.10 Å². The van der Waals surface area contributed by atoms with Gasteiger partial charge in [0.1, 0.15) is 0 Å². The van der Waals surface area contributed by atoms with Crippen LogP contribution in [0.5, 0.6) is 0 Å². The fourth-order valence-corrected chi connectivity index (χ4v) is 4.33. The minimum absolute atomic E-state index is 0.0414. The van der Waals surface area contributed by atoms with Crippen LogP contribution in [0.25, 0.3) is 0 Å². The van der Waals surface area contributed by atoms with Crippen LogP contribution in [0.4, 0.5) is 5.69 Å². The van der Waals surface area contributed by atoms with Gasteiger partial charge >= 0.3 is 0 Å². The monoisotopic (exact) mass is 378 g/mol. The lowest BCUT2D eigenvalue weighted by Crippen LogP contribution is -2.42. The number of anilines is 1. The molecule has 6 nitrogen and oxygen atoms in total. The summed E-state index contributed by atoms with van der Waals surface area (Å²) in [7, 11) is 0. The smallest absolute Gasteiger partial charge is 0.228 e. The number of rotatable bonds is 3. The molecule has 0 spiro atoms. The molecule has 0 unspecified atom stereocenters. The van der Waals surface area contributed by atoms with E-state index in [1.807, 2.05) is 23.1 Å². The third kappa shape index (κ3) is 3.01. The second-order valence-electron chi connectivity index (χ2n) is 8.49. The van der Waals surface area contributed by atoms with E-state index >= 15 is 0 Å². The number of nitrogens with zero attached hydrogens (tertiary/aromatic N) is 4. The number of fused-ring (bicyclic) bond motifs is 1. The second kappa shape index (κ2) is 6.47. The first-order valence-corrected chi connectivity index (χ1v) is 10.2. The van der Waals surface area contributed by atoms with Gasteiger partial charge in [-0.05, 0) is 56.0 Å². The van der Waals surface area contributed by atoms with E-state index in [-0.39, 0.29) is 17.7 Å². The van der Waals surface area contributed by atoms with Gasteiger partial charge < -0.3 is 9.80 Å². The SMILES string of the molecule is Cc1ccc(N2C[C@H](C(=O)N3CCn4nc(C5CC5)cc4C3)CC2=O)cc1C. The molecule has 0 N–H and O–H groups in total. The van der Waals surface area contributed by atoms with Crippen molar-refractivity contribution in [2.75, 3.05) is 18.0 Å². The maximum Gasteiger partial charge on any atom is 0.228 e. The molecule has 2 aromatic rings. The van der Waals surface area contributed by atoms with Crippen molar-refractivity contribution in [1.29, 1.82) is 0 Å². The zero-order chi connectivity index (χ0) is 19.4. The molecule has 6 heteroatoms. The summed E-state index contributed by atoms with van der Waals surface area (Å²) in [5.74, 6) is 0.507. The standard InChI is InChI=1S/C22H26N4O2/c1-14-3-6-18(9-15(14)2)25-12-17(10-21(25)27)22(28)24-7-8-26-19(13-24)11-20(23-26)16-4-5-16/h3,6,9,11,16-17H,4-5,7-8,10,12-13H2,1-2H3/t17-/m1/s1. The lowest BCUT2D eigenvalue weighted by atomic mass is 10.1. The number of amides is 2. The lowest BCUT2D eigenvalue weighted by Gasteiger charge is -2.29. The topological polar surface area (TPSA) is 58.4 Å². The molecular formula is C22H26N4O2. The lowest BCUT2D eigenvalue weighted by molar-refractivity contribution is -0.137. The molecule has 1 aliphatic carbocycles. The Morgan fingerprint density at radius 2 is 1.93 bits per heavy atom. The summed E-state index contributed by atoms with van der Waals surface area (Å²) in [6, 6.07) is 8.22. The Hall–Kier alpha value is -2.63. The molecule has 2 fully saturated rings. The minimum Gasteiger partial charge on any atom is -0.335 e. The average molecular weight is 378 g/mol. The summed E-state index contributed by atoms with van der Waals surface area (Å²) in [6.45, 7) is 6.61. The first-order valence-electron chi connectivity index (χ1n) is 10.2. The zero-order valence-electron chi connectivity index (χ0n) is 16.5. The molecule has 146 valence electrons. The van der Waals surface area contributed by atoms with E-state index in [2.05, 4.69) is 24.6 Å². The average Bonchev–Trinajstić information content (AvgIpc) is 3.33. The zero-order valence-corrected chi connectivity index (χ0v) is 16.5. The highest BCUT2D eigenvalue weighted by Gasteiger charge is 2.38. The van der Waals surface area contributed by atoms with Gasteiger partial charge in [0.2, 0.25) is 11.8 Å². The van der Waals surface area contributed by atoms with Crippen molar-refractivity contribution in [2.24, 2.45) is 5.92 Å². The van der Waals surface area contributed by atoms with E-state index in [9.17, 15) is 9.59 Å². The number of hydrogen-bond acceptors (Lipinski definition) is 3. The molecule has 5 rings (SSSR count). The highest BCUT2D eigenvalue weighted by Crippen LogP contribution is 2.40. The highest BCUT2D eigenvalue weighted by molar-refractivity contribution is 6.00. The van der Waals surface area contributed by atoms with Gasteiger partial charge in [0, 0.05) is 31.1 Å². The van der Waals surface area contributed by atoms with E-state index in [1.54, 1.807) is 4.90 Å². The van der Waals surface area contributed by atoms with Gasteiger partial charge in [-0.25, -0.2) is 0 Å². The molecule has 1 aromatic heterocycles. The van der Waals surface area contributed by atoms with E-state index in [4.69, 9.17) is 5.10 Å². The van der Waals surface area contributed by atoms with Crippen molar-refractivity contribution in [3.8, 4) is 0 Å². The van der Waals surface area contributed by atoms with E-state index in [0.29, 0.717) is 32.0 Å². The summed E-state index contributed by atoms with van der Waals surface area (Å²) < 4.78 is 2.05. The molecule has 1 saturated heterocycles. The van der Waals surface area contributed by atoms with Gasteiger partial charge in [-0.15, -0.1) is 0 Å². The largest absolute Gasteiger partial charge is 0.335 e. The van der Waals surface area contributed by atoms with Crippen molar-refractivity contribution in [2.45, 2.75) is 52.1 Å². The first-order chi connectivity index (χ1) is 13.5. The van der Waals surface area contributed by atoms with Crippen LogP contribution in [-0.4, -0.2) is 39.6 Å². The van der Waals surface area contributed by atoms with Crippen molar-refractivity contribution < 1.29 is 9.59 Å². The van der Waals surface area contributed by atoms with Crippen molar-refractivity contribution in [3.05, 3.63) is 46.8 Å². The molecule has 1 saturated carbocycles. The molecule has 3 heterocycles. The Morgan fingerprint density at radius 1 is 1.11 bits per heavy atom. The van der Waals surface area contributed by atoms with Crippen LogP contribution in [0.2, 0.25) is 0 Å². The third-order valence-electron chi connectivity index (χ3n) is 6.40. The molecule has 3 aliphatic rings. The number of carbonyl (C=O) groups is 2. The van der Waals surface area contributed by atoms with E-state index < -0.39 is 0 Å². The molecule has 0 bridgehead atoms. The van der Waals surface area contributed by atoms with Crippen LogP contribution in [-0.2, 0) is 22.7 Å². The molecule has 28 heavy (non-hydrogen) atoms. The quantitative estimate of drug-likeness (QED) is 0.825. The Morgan fingerprint density at radius 3 is 2.68 bits per heavy atom. The first kappa shape index (κ1) is 17.5. The van der Waals surface area contributed by atoms with Crippen LogP contribution in [0.3, 0.4) is 0 Å². The molecule has 1 atom stereocenters. The number of carbonyl (C=O) groups excluding carboxylic acids is 2. The summed E-state index contributed by atoms with van der Waals surface area (Å²) in [4.78, 5) is 29.4. The van der Waals surface area contributed by atoms with Crippen LogP contribution < -0.4 is 4.90 Å². The third-order valence-corrected chi connectivity index (χ3v) is 6.40. The summed E-state index contributed by atoms with van der Waals surface area (Å²) in [5, 5.41) is 4.70. The van der Waals surface area contributed by atoms with Crippen LogP contribution in [0.1, 0.15) is 47.7 Å². The fourth-order valence-electron chi connectivity index (χ4n) is 4.33. The van der Waals surface area contributed by atoms with Crippen LogP contribution in [0.15, 0.2) is 24.3 Å². The van der Waals surface area contributed by atoms with Crippen LogP contribution in [0, 0.1) is 19.8 Å². The molecular weight excluding hydrogens is 352 g/mol. The fraction of sp³-hybridized carbons (Fsp3) is 0.500. The van der Waals surface area contributed by atoms with Crippen LogP contribution >= 0.6 is 0 Å². The summed E-state index contributed by atoms with van der Waals surface area (Å²) >= 11 is 0. The molecule has 2 aliphatic heterocycles. The Kier molecular flexibility index (Phi) is 4.03. The van der Waals surface area contributed by atoms with Crippen molar-refractivity contribution in [1.82, 2.24) is 14.7 Å². The Balaban J connectivity index is 1.29. The maximum absolute atomic E-state index is 13.1. The van der Waals surface area contributed by atoms with Gasteiger partial charge in [-0.1, -0.05) is 6.07 Å². The Bertz CT molecular complexity index is 959. The predicted molar refractivity (Wildman–Crippen MR) is 106 cm³/mol. The van der Waals surface area contributed by atoms with Gasteiger partial charge in [0.15, 0.2) is 0 Å². The highest BCUT2D eigenvalue weighted by atomic mass is 16.2. The molecule has 0 radical (unpaired) electrons. The van der Waals surface area contributed by atoms with E-state index in [1.165, 1.54) is 24.1 Å². The number of aryl methyl sites for hydroxylation is 2. The van der Waals surface area contributed by atoms with Crippen molar-refractivity contribution >= 4 is 17.5 Å². The summed E-state index contributed by atoms with van der Waals surface area (Å²) in [5.41, 5.74) is 5.57. The van der Waals surface area contributed by atoms with E-state index in [0.717, 1.165) is 23.5 Å².